The lowest BCUT2D eigenvalue weighted by atomic mass is 10.1. The van der Waals surface area contributed by atoms with E-state index in [0.717, 1.165) is 31.7 Å². The van der Waals surface area contributed by atoms with Crippen molar-refractivity contribution in [1.29, 1.82) is 0 Å². The summed E-state index contributed by atoms with van der Waals surface area (Å²) in [4.78, 5) is 11.8. The van der Waals surface area contributed by atoms with Crippen LogP contribution in [0.5, 0.6) is 0 Å². The summed E-state index contributed by atoms with van der Waals surface area (Å²) in [6, 6.07) is 4.79. The molecule has 0 radical (unpaired) electrons. The Bertz CT molecular complexity index is 433. The van der Waals surface area contributed by atoms with Crippen molar-refractivity contribution in [2.45, 2.75) is 31.9 Å². The number of nitrogens with two attached hydrogens (primary N) is 1. The van der Waals surface area contributed by atoms with Crippen LogP contribution in [0.15, 0.2) is 24.3 Å². The summed E-state index contributed by atoms with van der Waals surface area (Å²) in [5.41, 5.74) is 4.11. The van der Waals surface area contributed by atoms with E-state index >= 15 is 0 Å². The SMILES string of the molecule is NCCCCCCNC(=O)c1ccccc1C(F)(F)F. The number of amides is 1. The Kier molecular flexibility index (Phi) is 6.51. The first-order chi connectivity index (χ1) is 9.46. The molecule has 0 aliphatic heterocycles. The molecule has 1 aromatic carbocycles. The fourth-order valence-corrected chi connectivity index (χ4v) is 1.85. The van der Waals surface area contributed by atoms with Crippen molar-refractivity contribution in [2.24, 2.45) is 5.73 Å². The highest BCUT2D eigenvalue weighted by Crippen LogP contribution is 2.31. The van der Waals surface area contributed by atoms with Gasteiger partial charge in [0.25, 0.3) is 5.91 Å². The van der Waals surface area contributed by atoms with Crippen LogP contribution in [0.4, 0.5) is 13.2 Å². The Morgan fingerprint density at radius 1 is 1.10 bits per heavy atom. The van der Waals surface area contributed by atoms with Gasteiger partial charge in [-0.15, -0.1) is 0 Å². The van der Waals surface area contributed by atoms with E-state index in [1.165, 1.54) is 18.2 Å². The third kappa shape index (κ3) is 5.21. The number of nitrogens with one attached hydrogen (secondary N) is 1. The van der Waals surface area contributed by atoms with Gasteiger partial charge >= 0.3 is 6.18 Å². The molecule has 0 spiro atoms. The predicted molar refractivity (Wildman–Crippen MR) is 71.3 cm³/mol. The van der Waals surface area contributed by atoms with Crippen molar-refractivity contribution in [3.8, 4) is 0 Å². The largest absolute Gasteiger partial charge is 0.417 e. The van der Waals surface area contributed by atoms with Crippen LogP contribution in [-0.4, -0.2) is 19.0 Å². The third-order valence-electron chi connectivity index (χ3n) is 2.89. The van der Waals surface area contributed by atoms with E-state index in [0.29, 0.717) is 13.1 Å². The summed E-state index contributed by atoms with van der Waals surface area (Å²) in [6.07, 6.45) is -0.996. The normalized spacial score (nSPS) is 11.4. The fraction of sp³-hybridized carbons (Fsp3) is 0.500. The van der Waals surface area contributed by atoms with Crippen molar-refractivity contribution in [2.75, 3.05) is 13.1 Å². The third-order valence-corrected chi connectivity index (χ3v) is 2.89. The van der Waals surface area contributed by atoms with Gasteiger partial charge in [0.15, 0.2) is 0 Å². The molecule has 3 N–H and O–H groups in total. The molecule has 0 heterocycles. The molecule has 0 bridgehead atoms. The topological polar surface area (TPSA) is 55.1 Å². The van der Waals surface area contributed by atoms with Gasteiger partial charge in [-0.25, -0.2) is 0 Å². The smallest absolute Gasteiger partial charge is 0.352 e. The molecule has 6 heteroatoms. The molecule has 112 valence electrons. The molecular weight excluding hydrogens is 269 g/mol. The number of carbonyl (C=O) groups excluding carboxylic acids is 1. The van der Waals surface area contributed by atoms with E-state index in [-0.39, 0.29) is 5.56 Å². The van der Waals surface area contributed by atoms with Crippen molar-refractivity contribution in [1.82, 2.24) is 5.32 Å². The zero-order chi connectivity index (χ0) is 15.0. The number of carbonyl (C=O) groups is 1. The summed E-state index contributed by atoms with van der Waals surface area (Å²) >= 11 is 0. The number of halogens is 3. The quantitative estimate of drug-likeness (QED) is 0.758. The van der Waals surface area contributed by atoms with Gasteiger partial charge in [-0.05, 0) is 31.5 Å². The molecule has 0 aliphatic carbocycles. The highest BCUT2D eigenvalue weighted by atomic mass is 19.4. The molecule has 0 unspecified atom stereocenters. The Morgan fingerprint density at radius 2 is 1.75 bits per heavy atom. The maximum atomic E-state index is 12.7. The number of rotatable bonds is 7. The lowest BCUT2D eigenvalue weighted by Gasteiger charge is -2.12. The van der Waals surface area contributed by atoms with Gasteiger partial charge in [0.05, 0.1) is 11.1 Å². The molecule has 1 amide bonds. The molecule has 0 aliphatic rings. The van der Waals surface area contributed by atoms with Crippen LogP contribution in [0.3, 0.4) is 0 Å². The lowest BCUT2D eigenvalue weighted by molar-refractivity contribution is -0.137. The highest BCUT2D eigenvalue weighted by molar-refractivity contribution is 5.95. The zero-order valence-electron chi connectivity index (χ0n) is 11.2. The lowest BCUT2D eigenvalue weighted by Crippen LogP contribution is -2.27. The van der Waals surface area contributed by atoms with Crippen LogP contribution in [0.2, 0.25) is 0 Å². The average Bonchev–Trinajstić information content (AvgIpc) is 2.41. The number of benzene rings is 1. The minimum atomic E-state index is -4.52. The summed E-state index contributed by atoms with van der Waals surface area (Å²) in [5, 5.41) is 2.52. The standard InChI is InChI=1S/C14H19F3N2O/c15-14(16,17)12-8-4-3-7-11(12)13(20)19-10-6-2-1-5-9-18/h3-4,7-8H,1-2,5-6,9-10,18H2,(H,19,20). The van der Waals surface area contributed by atoms with E-state index in [2.05, 4.69) is 5.32 Å². The maximum absolute atomic E-state index is 12.7. The van der Waals surface area contributed by atoms with Gasteiger partial charge in [0.2, 0.25) is 0 Å². The van der Waals surface area contributed by atoms with E-state index < -0.39 is 17.6 Å². The first-order valence-electron chi connectivity index (χ1n) is 6.61. The number of unbranched alkanes of at least 4 members (excludes halogenated alkanes) is 3. The first kappa shape index (κ1) is 16.5. The molecule has 0 atom stereocenters. The predicted octanol–water partition coefficient (Wildman–Crippen LogP) is 2.95. The minimum Gasteiger partial charge on any atom is -0.352 e. The minimum absolute atomic E-state index is 0.332. The van der Waals surface area contributed by atoms with E-state index in [1.54, 1.807) is 0 Å². The average molecular weight is 288 g/mol. The Balaban J connectivity index is 2.52. The summed E-state index contributed by atoms with van der Waals surface area (Å²) < 4.78 is 38.2. The maximum Gasteiger partial charge on any atom is 0.417 e. The van der Waals surface area contributed by atoms with Crippen molar-refractivity contribution in [3.63, 3.8) is 0 Å². The van der Waals surface area contributed by atoms with Gasteiger partial charge in [0, 0.05) is 6.54 Å². The molecule has 0 saturated heterocycles. The number of hydrogen-bond acceptors (Lipinski definition) is 2. The Labute approximate surface area is 116 Å². The second-order valence-corrected chi connectivity index (χ2v) is 4.50. The van der Waals surface area contributed by atoms with Crippen LogP contribution < -0.4 is 11.1 Å². The molecule has 3 nitrogen and oxygen atoms in total. The molecule has 1 aromatic rings. The molecule has 0 saturated carbocycles. The van der Waals surface area contributed by atoms with Gasteiger partial charge < -0.3 is 11.1 Å². The van der Waals surface area contributed by atoms with Crippen molar-refractivity contribution < 1.29 is 18.0 Å². The number of alkyl halides is 3. The highest BCUT2D eigenvalue weighted by Gasteiger charge is 2.34. The van der Waals surface area contributed by atoms with Crippen LogP contribution in [-0.2, 0) is 6.18 Å². The van der Waals surface area contributed by atoms with Crippen LogP contribution in [0.1, 0.15) is 41.6 Å². The van der Waals surface area contributed by atoms with Crippen LogP contribution in [0, 0.1) is 0 Å². The molecule has 20 heavy (non-hydrogen) atoms. The number of hydrogen-bond donors (Lipinski definition) is 2. The first-order valence-corrected chi connectivity index (χ1v) is 6.61. The van der Waals surface area contributed by atoms with Crippen LogP contribution in [0.25, 0.3) is 0 Å². The summed E-state index contributed by atoms with van der Waals surface area (Å²) in [5.74, 6) is -0.684. The summed E-state index contributed by atoms with van der Waals surface area (Å²) in [6.45, 7) is 1.00. The van der Waals surface area contributed by atoms with Crippen molar-refractivity contribution >= 4 is 5.91 Å². The Hall–Kier alpha value is -1.56. The Morgan fingerprint density at radius 3 is 2.40 bits per heavy atom. The summed E-state index contributed by atoms with van der Waals surface area (Å²) in [7, 11) is 0. The molecule has 0 fully saturated rings. The second kappa shape index (κ2) is 7.89. The van der Waals surface area contributed by atoms with E-state index in [9.17, 15) is 18.0 Å². The van der Waals surface area contributed by atoms with E-state index in [4.69, 9.17) is 5.73 Å². The molecule has 0 aromatic heterocycles. The van der Waals surface area contributed by atoms with Gasteiger partial charge in [0.1, 0.15) is 0 Å². The second-order valence-electron chi connectivity index (χ2n) is 4.50. The molecule has 1 rings (SSSR count). The monoisotopic (exact) mass is 288 g/mol. The van der Waals surface area contributed by atoms with Gasteiger partial charge in [-0.3, -0.25) is 4.79 Å². The zero-order valence-corrected chi connectivity index (χ0v) is 11.2. The molecular formula is C14H19F3N2O. The van der Waals surface area contributed by atoms with E-state index in [1.807, 2.05) is 0 Å². The fourth-order valence-electron chi connectivity index (χ4n) is 1.85. The van der Waals surface area contributed by atoms with Gasteiger partial charge in [-0.1, -0.05) is 25.0 Å². The van der Waals surface area contributed by atoms with Crippen LogP contribution >= 0.6 is 0 Å². The van der Waals surface area contributed by atoms with Gasteiger partial charge in [-0.2, -0.15) is 13.2 Å². The van der Waals surface area contributed by atoms with Crippen molar-refractivity contribution in [3.05, 3.63) is 35.4 Å².